The van der Waals surface area contributed by atoms with E-state index >= 15 is 0 Å². The summed E-state index contributed by atoms with van der Waals surface area (Å²) in [5.74, 6) is 0. The lowest BCUT2D eigenvalue weighted by Crippen LogP contribution is -1.97. The average Bonchev–Trinajstić information content (AvgIpc) is 3.61. The van der Waals surface area contributed by atoms with Gasteiger partial charge in [-0.15, -0.1) is 10.2 Å². The molecule has 5 nitrogen and oxygen atoms in total. The Bertz CT molecular complexity index is 2140. The highest BCUT2D eigenvalue weighted by Crippen LogP contribution is 2.35. The molecule has 0 aliphatic rings. The highest BCUT2D eigenvalue weighted by molar-refractivity contribution is 6.10. The second-order valence-electron chi connectivity index (χ2n) is 9.90. The molecule has 8 rings (SSSR count). The molecule has 0 N–H and O–H groups in total. The number of aromatic nitrogens is 5. The summed E-state index contributed by atoms with van der Waals surface area (Å²) in [5, 5.41) is 12.0. The topological polar surface area (TPSA) is 48.5 Å². The summed E-state index contributed by atoms with van der Waals surface area (Å²) in [4.78, 5) is 5.93. The molecule has 0 unspecified atom stereocenters. The number of benzene rings is 5. The number of rotatable bonds is 4. The molecule has 3 heterocycles. The molecule has 0 atom stereocenters. The van der Waals surface area contributed by atoms with Gasteiger partial charge < -0.3 is 4.57 Å². The van der Waals surface area contributed by atoms with Gasteiger partial charge in [0, 0.05) is 28.9 Å². The Kier molecular flexibility index (Phi) is 5.07. The van der Waals surface area contributed by atoms with Gasteiger partial charge in [-0.2, -0.15) is 4.80 Å². The van der Waals surface area contributed by atoms with E-state index in [9.17, 15) is 0 Å². The molecule has 40 heavy (non-hydrogen) atoms. The van der Waals surface area contributed by atoms with Crippen LogP contribution in [0.25, 0.3) is 66.5 Å². The first-order valence-electron chi connectivity index (χ1n) is 13.3. The summed E-state index contributed by atoms with van der Waals surface area (Å²) in [6.07, 6.45) is 3.65. The molecule has 5 aromatic carbocycles. The fourth-order valence-corrected chi connectivity index (χ4v) is 5.54. The zero-order valence-electron chi connectivity index (χ0n) is 21.5. The number of nitrogens with zero attached hydrogens (tertiary/aromatic N) is 5. The third-order valence-electron chi connectivity index (χ3n) is 7.49. The monoisotopic (exact) mass is 513 g/mol. The molecule has 0 radical (unpaired) electrons. The van der Waals surface area contributed by atoms with Crippen LogP contribution in [-0.2, 0) is 0 Å². The zero-order chi connectivity index (χ0) is 26.5. The molecule has 0 saturated carbocycles. The predicted octanol–water partition coefficient (Wildman–Crippen LogP) is 8.25. The van der Waals surface area contributed by atoms with Gasteiger partial charge >= 0.3 is 0 Å². The quantitative estimate of drug-likeness (QED) is 0.238. The Hall–Kier alpha value is -5.55. The summed E-state index contributed by atoms with van der Waals surface area (Å²) in [6.45, 7) is 0. The molecule has 0 fully saturated rings. The van der Waals surface area contributed by atoms with E-state index in [1.807, 2.05) is 24.4 Å². The Labute approximate surface area is 230 Å². The van der Waals surface area contributed by atoms with Crippen LogP contribution in [0.2, 0.25) is 0 Å². The fourth-order valence-electron chi connectivity index (χ4n) is 5.54. The molecule has 0 spiro atoms. The van der Waals surface area contributed by atoms with Gasteiger partial charge in [-0.05, 0) is 82.9 Å². The molecule has 3 aromatic heterocycles. The highest BCUT2D eigenvalue weighted by Gasteiger charge is 2.14. The molecule has 8 aromatic rings. The van der Waals surface area contributed by atoms with Gasteiger partial charge in [0.1, 0.15) is 11.0 Å². The van der Waals surface area contributed by atoms with Crippen molar-refractivity contribution in [1.82, 2.24) is 24.5 Å². The normalized spacial score (nSPS) is 11.5. The van der Waals surface area contributed by atoms with Gasteiger partial charge in [0.2, 0.25) is 0 Å². The van der Waals surface area contributed by atoms with Crippen molar-refractivity contribution in [3.63, 3.8) is 0 Å². The first-order valence-corrected chi connectivity index (χ1v) is 13.3. The standard InChI is InChI=1S/C35H23N5/c1-2-8-28(9-3-1)39-34-11-5-4-10-30(34)31-21-25(15-19-35(31)39)26-14-18-32-33(22-26)38-40(37-32)29-16-12-24(13-17-29)27-7-6-20-36-23-27/h1-23H. The highest BCUT2D eigenvalue weighted by atomic mass is 15.5. The van der Waals surface area contributed by atoms with Crippen LogP contribution in [0.15, 0.2) is 140 Å². The minimum atomic E-state index is 0.862. The van der Waals surface area contributed by atoms with Crippen LogP contribution in [0, 0.1) is 0 Å². The van der Waals surface area contributed by atoms with Crippen LogP contribution in [0.3, 0.4) is 0 Å². The third-order valence-corrected chi connectivity index (χ3v) is 7.49. The van der Waals surface area contributed by atoms with E-state index in [-0.39, 0.29) is 0 Å². The predicted molar refractivity (Wildman–Crippen MR) is 162 cm³/mol. The molecule has 188 valence electrons. The summed E-state index contributed by atoms with van der Waals surface area (Å²) in [6, 6.07) is 44.4. The molecule has 0 aliphatic carbocycles. The maximum Gasteiger partial charge on any atom is 0.114 e. The number of fused-ring (bicyclic) bond motifs is 4. The molecule has 0 saturated heterocycles. The number of hydrogen-bond acceptors (Lipinski definition) is 3. The maximum absolute atomic E-state index is 4.82. The summed E-state index contributed by atoms with van der Waals surface area (Å²) in [5.41, 5.74) is 10.7. The second-order valence-corrected chi connectivity index (χ2v) is 9.90. The molecule has 0 aliphatic heterocycles. The van der Waals surface area contributed by atoms with Crippen molar-refractivity contribution in [2.45, 2.75) is 0 Å². The van der Waals surface area contributed by atoms with Crippen LogP contribution in [0.1, 0.15) is 0 Å². The first-order chi connectivity index (χ1) is 19.8. The fraction of sp³-hybridized carbons (Fsp3) is 0. The average molecular weight is 514 g/mol. The maximum atomic E-state index is 4.82. The Morgan fingerprint density at radius 3 is 2.02 bits per heavy atom. The lowest BCUT2D eigenvalue weighted by atomic mass is 10.0. The van der Waals surface area contributed by atoms with Crippen molar-refractivity contribution in [1.29, 1.82) is 0 Å². The number of hydrogen-bond donors (Lipinski definition) is 0. The molecular formula is C35H23N5. The van der Waals surface area contributed by atoms with Crippen LogP contribution in [0.4, 0.5) is 0 Å². The van der Waals surface area contributed by atoms with E-state index < -0.39 is 0 Å². The van der Waals surface area contributed by atoms with Crippen molar-refractivity contribution in [3.05, 3.63) is 140 Å². The Morgan fingerprint density at radius 1 is 0.450 bits per heavy atom. The van der Waals surface area contributed by atoms with E-state index in [4.69, 9.17) is 10.2 Å². The van der Waals surface area contributed by atoms with Gasteiger partial charge in [0.05, 0.1) is 16.7 Å². The minimum Gasteiger partial charge on any atom is -0.309 e. The van der Waals surface area contributed by atoms with E-state index in [0.717, 1.165) is 44.7 Å². The second kappa shape index (κ2) is 9.03. The van der Waals surface area contributed by atoms with Gasteiger partial charge in [0.15, 0.2) is 0 Å². The zero-order valence-corrected chi connectivity index (χ0v) is 21.5. The minimum absolute atomic E-state index is 0.862. The van der Waals surface area contributed by atoms with Crippen molar-refractivity contribution < 1.29 is 0 Å². The lowest BCUT2D eigenvalue weighted by molar-refractivity contribution is 0.766. The number of para-hydroxylation sites is 2. The van der Waals surface area contributed by atoms with Gasteiger partial charge in [-0.1, -0.05) is 66.7 Å². The SMILES string of the molecule is c1ccc(-n2c3ccccc3c3cc(-c4ccc5nn(-c6ccc(-c7cccnc7)cc6)nc5c4)ccc32)cc1. The molecule has 0 bridgehead atoms. The van der Waals surface area contributed by atoms with E-state index in [1.54, 1.807) is 11.0 Å². The van der Waals surface area contributed by atoms with Crippen molar-refractivity contribution >= 4 is 32.8 Å². The smallest absolute Gasteiger partial charge is 0.114 e. The molecular weight excluding hydrogens is 490 g/mol. The van der Waals surface area contributed by atoms with Crippen LogP contribution in [0.5, 0.6) is 0 Å². The first kappa shape index (κ1) is 22.4. The van der Waals surface area contributed by atoms with Crippen LogP contribution < -0.4 is 0 Å². The number of pyridine rings is 1. The largest absolute Gasteiger partial charge is 0.309 e. The Balaban J connectivity index is 1.19. The van der Waals surface area contributed by atoms with Crippen molar-refractivity contribution in [3.8, 4) is 33.6 Å². The van der Waals surface area contributed by atoms with Crippen LogP contribution >= 0.6 is 0 Å². The van der Waals surface area contributed by atoms with Crippen LogP contribution in [-0.4, -0.2) is 24.5 Å². The van der Waals surface area contributed by atoms with Gasteiger partial charge in [0.25, 0.3) is 0 Å². The third kappa shape index (κ3) is 3.68. The summed E-state index contributed by atoms with van der Waals surface area (Å²) < 4.78 is 2.34. The van der Waals surface area contributed by atoms with Crippen molar-refractivity contribution in [2.24, 2.45) is 0 Å². The summed E-state index contributed by atoms with van der Waals surface area (Å²) >= 11 is 0. The van der Waals surface area contributed by atoms with E-state index in [0.29, 0.717) is 0 Å². The molecule has 0 amide bonds. The lowest BCUT2D eigenvalue weighted by Gasteiger charge is -2.08. The van der Waals surface area contributed by atoms with Crippen molar-refractivity contribution in [2.75, 3.05) is 0 Å². The summed E-state index contributed by atoms with van der Waals surface area (Å²) in [7, 11) is 0. The van der Waals surface area contributed by atoms with E-state index in [1.165, 1.54) is 21.8 Å². The van der Waals surface area contributed by atoms with Gasteiger partial charge in [-0.25, -0.2) is 0 Å². The molecule has 5 heteroatoms. The van der Waals surface area contributed by atoms with Gasteiger partial charge in [-0.3, -0.25) is 4.98 Å². The van der Waals surface area contributed by atoms with E-state index in [2.05, 4.69) is 119 Å². The Morgan fingerprint density at radius 2 is 1.18 bits per heavy atom.